The standard InChI is InChI=1S/C17H23NO5/c1-10-7-13(8-11(2)15(10)22-3)16(19)18-14(17(20)21)12-5-4-6-23-9-12/h7-8,12,14H,4-6,9H2,1-3H3,(H,18,19)(H,20,21)/t12-,14-/m0/s1. The van der Waals surface area contributed by atoms with Gasteiger partial charge in [-0.15, -0.1) is 0 Å². The zero-order chi connectivity index (χ0) is 17.0. The van der Waals surface area contributed by atoms with E-state index in [1.165, 1.54) is 0 Å². The smallest absolute Gasteiger partial charge is 0.326 e. The van der Waals surface area contributed by atoms with Crippen LogP contribution in [0.25, 0.3) is 0 Å². The van der Waals surface area contributed by atoms with Gasteiger partial charge >= 0.3 is 5.97 Å². The van der Waals surface area contributed by atoms with E-state index in [4.69, 9.17) is 9.47 Å². The lowest BCUT2D eigenvalue weighted by Gasteiger charge is -2.28. The van der Waals surface area contributed by atoms with Crippen molar-refractivity contribution in [1.82, 2.24) is 5.32 Å². The summed E-state index contributed by atoms with van der Waals surface area (Å²) in [6.45, 7) is 4.71. The molecule has 2 N–H and O–H groups in total. The summed E-state index contributed by atoms with van der Waals surface area (Å²) in [5.41, 5.74) is 2.11. The van der Waals surface area contributed by atoms with Gasteiger partial charge in [0.05, 0.1) is 13.7 Å². The number of hydrogen-bond acceptors (Lipinski definition) is 4. The molecule has 1 saturated heterocycles. The zero-order valence-electron chi connectivity index (χ0n) is 13.7. The first kappa shape index (κ1) is 17.3. The lowest BCUT2D eigenvalue weighted by atomic mass is 9.93. The number of aliphatic carboxylic acids is 1. The first-order chi connectivity index (χ1) is 10.9. The van der Waals surface area contributed by atoms with Gasteiger partial charge < -0.3 is 19.9 Å². The van der Waals surface area contributed by atoms with Crippen molar-refractivity contribution in [3.8, 4) is 5.75 Å². The first-order valence-electron chi connectivity index (χ1n) is 7.70. The Bertz CT molecular complexity index is 570. The van der Waals surface area contributed by atoms with Gasteiger partial charge in [0.25, 0.3) is 5.91 Å². The van der Waals surface area contributed by atoms with Gasteiger partial charge in [0, 0.05) is 18.1 Å². The molecule has 0 radical (unpaired) electrons. The van der Waals surface area contributed by atoms with Crippen LogP contribution in [-0.4, -0.2) is 43.3 Å². The summed E-state index contributed by atoms with van der Waals surface area (Å²) in [4.78, 5) is 24.0. The van der Waals surface area contributed by atoms with Crippen LogP contribution in [0, 0.1) is 19.8 Å². The van der Waals surface area contributed by atoms with Crippen molar-refractivity contribution >= 4 is 11.9 Å². The summed E-state index contributed by atoms with van der Waals surface area (Å²) in [7, 11) is 1.58. The molecule has 0 aliphatic carbocycles. The number of rotatable bonds is 5. The summed E-state index contributed by atoms with van der Waals surface area (Å²) in [6.07, 6.45) is 1.54. The van der Waals surface area contributed by atoms with E-state index in [9.17, 15) is 14.7 Å². The Kier molecular flexibility index (Phi) is 5.60. The average Bonchev–Trinajstić information content (AvgIpc) is 2.52. The molecule has 0 aromatic heterocycles. The van der Waals surface area contributed by atoms with E-state index in [1.807, 2.05) is 13.8 Å². The van der Waals surface area contributed by atoms with E-state index in [0.717, 1.165) is 29.7 Å². The highest BCUT2D eigenvalue weighted by atomic mass is 16.5. The number of hydrogen-bond donors (Lipinski definition) is 2. The van der Waals surface area contributed by atoms with Crippen molar-refractivity contribution in [3.63, 3.8) is 0 Å². The molecule has 1 amide bonds. The van der Waals surface area contributed by atoms with Crippen LogP contribution in [0.2, 0.25) is 0 Å². The van der Waals surface area contributed by atoms with E-state index in [2.05, 4.69) is 5.32 Å². The van der Waals surface area contributed by atoms with Crippen molar-refractivity contribution in [2.45, 2.75) is 32.7 Å². The Labute approximate surface area is 135 Å². The number of benzene rings is 1. The quantitative estimate of drug-likeness (QED) is 0.865. The molecule has 6 heteroatoms. The first-order valence-corrected chi connectivity index (χ1v) is 7.70. The highest BCUT2D eigenvalue weighted by Gasteiger charge is 2.31. The van der Waals surface area contributed by atoms with Crippen LogP contribution in [0.4, 0.5) is 0 Å². The third-order valence-corrected chi connectivity index (χ3v) is 4.15. The molecule has 2 rings (SSSR count). The molecule has 0 spiro atoms. The van der Waals surface area contributed by atoms with E-state index in [0.29, 0.717) is 18.8 Å². The number of carboxylic acids is 1. The summed E-state index contributed by atoms with van der Waals surface area (Å²) in [5, 5.41) is 12.1. The minimum atomic E-state index is -1.03. The maximum Gasteiger partial charge on any atom is 0.326 e. The lowest BCUT2D eigenvalue weighted by molar-refractivity contribution is -0.142. The van der Waals surface area contributed by atoms with Crippen LogP contribution in [0.1, 0.15) is 34.3 Å². The molecule has 23 heavy (non-hydrogen) atoms. The third kappa shape index (κ3) is 4.01. The van der Waals surface area contributed by atoms with E-state index >= 15 is 0 Å². The second-order valence-electron chi connectivity index (χ2n) is 5.91. The molecular weight excluding hydrogens is 298 g/mol. The minimum absolute atomic E-state index is 0.203. The fraction of sp³-hybridized carbons (Fsp3) is 0.529. The Balaban J connectivity index is 2.17. The molecule has 0 unspecified atom stereocenters. The highest BCUT2D eigenvalue weighted by molar-refractivity contribution is 5.97. The van der Waals surface area contributed by atoms with Crippen LogP contribution < -0.4 is 10.1 Å². The summed E-state index contributed by atoms with van der Waals surface area (Å²) in [5.74, 6) is -0.893. The summed E-state index contributed by atoms with van der Waals surface area (Å²) >= 11 is 0. The van der Waals surface area contributed by atoms with Gasteiger partial charge in [-0.3, -0.25) is 4.79 Å². The molecule has 1 aliphatic heterocycles. The maximum absolute atomic E-state index is 12.5. The molecule has 1 aliphatic rings. The number of amides is 1. The molecule has 1 aromatic carbocycles. The fourth-order valence-corrected chi connectivity index (χ4v) is 3.04. The molecule has 1 aromatic rings. The topological polar surface area (TPSA) is 84.9 Å². The number of carbonyl (C=O) groups is 2. The van der Waals surface area contributed by atoms with E-state index in [1.54, 1.807) is 19.2 Å². The van der Waals surface area contributed by atoms with Crippen molar-refractivity contribution in [2.75, 3.05) is 20.3 Å². The number of carbonyl (C=O) groups excluding carboxylic acids is 1. The Morgan fingerprint density at radius 2 is 2.00 bits per heavy atom. The second kappa shape index (κ2) is 7.46. The summed E-state index contributed by atoms with van der Waals surface area (Å²) in [6, 6.07) is 2.47. The molecule has 2 atom stereocenters. The normalized spacial score (nSPS) is 19.0. The average molecular weight is 321 g/mol. The predicted octanol–water partition coefficient (Wildman–Crippen LogP) is 1.92. The SMILES string of the molecule is COc1c(C)cc(C(=O)N[C@H](C(=O)O)[C@H]2CCCOC2)cc1C. The van der Waals surface area contributed by atoms with Crippen molar-refractivity contribution in [3.05, 3.63) is 28.8 Å². The largest absolute Gasteiger partial charge is 0.496 e. The van der Waals surface area contributed by atoms with Gasteiger partial charge in [-0.2, -0.15) is 0 Å². The van der Waals surface area contributed by atoms with Gasteiger partial charge in [0.1, 0.15) is 11.8 Å². The number of nitrogens with one attached hydrogen (secondary N) is 1. The molecule has 0 saturated carbocycles. The molecule has 6 nitrogen and oxygen atoms in total. The predicted molar refractivity (Wildman–Crippen MR) is 84.9 cm³/mol. The Morgan fingerprint density at radius 1 is 1.35 bits per heavy atom. The monoisotopic (exact) mass is 321 g/mol. The lowest BCUT2D eigenvalue weighted by Crippen LogP contribution is -2.48. The van der Waals surface area contributed by atoms with Crippen molar-refractivity contribution in [2.24, 2.45) is 5.92 Å². The maximum atomic E-state index is 12.5. The second-order valence-corrected chi connectivity index (χ2v) is 5.91. The molecule has 126 valence electrons. The third-order valence-electron chi connectivity index (χ3n) is 4.15. The van der Waals surface area contributed by atoms with Crippen molar-refractivity contribution < 1.29 is 24.2 Å². The molecule has 0 bridgehead atoms. The minimum Gasteiger partial charge on any atom is -0.496 e. The Hall–Kier alpha value is -2.08. The molecular formula is C17H23NO5. The van der Waals surface area contributed by atoms with Gasteiger partial charge in [0.15, 0.2) is 0 Å². The van der Waals surface area contributed by atoms with Crippen LogP contribution in [-0.2, 0) is 9.53 Å². The van der Waals surface area contributed by atoms with Gasteiger partial charge in [0.2, 0.25) is 0 Å². The summed E-state index contributed by atoms with van der Waals surface area (Å²) < 4.78 is 10.6. The van der Waals surface area contributed by atoms with Crippen LogP contribution in [0.3, 0.4) is 0 Å². The van der Waals surface area contributed by atoms with Gasteiger partial charge in [-0.05, 0) is 49.9 Å². The van der Waals surface area contributed by atoms with Gasteiger partial charge in [-0.25, -0.2) is 4.79 Å². The van der Waals surface area contributed by atoms with Crippen LogP contribution in [0.5, 0.6) is 5.75 Å². The fourth-order valence-electron chi connectivity index (χ4n) is 3.04. The zero-order valence-corrected chi connectivity index (χ0v) is 13.7. The van der Waals surface area contributed by atoms with Crippen molar-refractivity contribution in [1.29, 1.82) is 0 Å². The highest BCUT2D eigenvalue weighted by Crippen LogP contribution is 2.25. The van der Waals surface area contributed by atoms with E-state index < -0.39 is 17.9 Å². The number of carboxylic acid groups (broad SMARTS) is 1. The van der Waals surface area contributed by atoms with Crippen LogP contribution in [0.15, 0.2) is 12.1 Å². The molecule has 1 heterocycles. The van der Waals surface area contributed by atoms with Crippen LogP contribution >= 0.6 is 0 Å². The number of ether oxygens (including phenoxy) is 2. The van der Waals surface area contributed by atoms with Gasteiger partial charge in [-0.1, -0.05) is 0 Å². The Morgan fingerprint density at radius 3 is 2.48 bits per heavy atom. The number of methoxy groups -OCH3 is 1. The van der Waals surface area contributed by atoms with E-state index in [-0.39, 0.29) is 5.92 Å². The number of aryl methyl sites for hydroxylation is 2. The molecule has 1 fully saturated rings.